The number of nitrogens with zero attached hydrogens (tertiary/aromatic N) is 1. The van der Waals surface area contributed by atoms with Crippen molar-refractivity contribution in [2.45, 2.75) is 0 Å². The van der Waals surface area contributed by atoms with Crippen molar-refractivity contribution in [3.8, 4) is 11.5 Å². The summed E-state index contributed by atoms with van der Waals surface area (Å²) in [5.74, 6) is -0.267. The third-order valence-electron chi connectivity index (χ3n) is 1.79. The fraction of sp³-hybridized carbons (Fsp3) is 0.250. The van der Waals surface area contributed by atoms with Gasteiger partial charge in [-0.1, -0.05) is 0 Å². The van der Waals surface area contributed by atoms with Crippen LogP contribution in [0.5, 0.6) is 11.5 Å². The summed E-state index contributed by atoms with van der Waals surface area (Å²) in [6, 6.07) is 3.24. The fourth-order valence-electron chi connectivity index (χ4n) is 1.09. The van der Waals surface area contributed by atoms with Gasteiger partial charge >= 0.3 is 64.0 Å². The molecule has 0 spiro atoms. The third kappa shape index (κ3) is 5.57. The Morgan fingerprint density at radius 2 is 2.00 bits per heavy atom. The predicted octanol–water partition coefficient (Wildman–Crippen LogP) is -0.627. The summed E-state index contributed by atoms with van der Waals surface area (Å²) in [5.41, 5.74) is -0.445. The summed E-state index contributed by atoms with van der Waals surface area (Å²) in [5, 5.41) is 10.6. The Hall–Kier alpha value is -0.289. The Labute approximate surface area is 143 Å². The first-order chi connectivity index (χ1) is 7.83. The standard InChI is InChI=1S/C8H8BF3NO4.K/c1-16-8-3-2-6(4-7(8)13(14)15)17-5-9(10,11)12;/h2-4H,5H2,1H3;/q-1;+1. The van der Waals surface area contributed by atoms with Crippen LogP contribution in [0.2, 0.25) is 0 Å². The van der Waals surface area contributed by atoms with E-state index in [1.807, 2.05) is 0 Å². The third-order valence-corrected chi connectivity index (χ3v) is 1.79. The Kier molecular flexibility index (Phi) is 7.22. The molecule has 0 aromatic heterocycles. The van der Waals surface area contributed by atoms with E-state index in [0.717, 1.165) is 6.07 Å². The van der Waals surface area contributed by atoms with Crippen LogP contribution in [-0.2, 0) is 0 Å². The van der Waals surface area contributed by atoms with Gasteiger partial charge in [-0.2, -0.15) is 0 Å². The van der Waals surface area contributed by atoms with Gasteiger partial charge in [0.25, 0.3) is 0 Å². The molecule has 0 saturated heterocycles. The van der Waals surface area contributed by atoms with Gasteiger partial charge < -0.3 is 22.4 Å². The molecule has 0 radical (unpaired) electrons. The molecule has 0 aliphatic rings. The van der Waals surface area contributed by atoms with Crippen LogP contribution >= 0.6 is 0 Å². The van der Waals surface area contributed by atoms with Crippen LogP contribution in [-0.4, -0.2) is 25.5 Å². The van der Waals surface area contributed by atoms with Crippen molar-refractivity contribution in [1.29, 1.82) is 0 Å². The first kappa shape index (κ1) is 17.7. The summed E-state index contributed by atoms with van der Waals surface area (Å²) >= 11 is 0. The van der Waals surface area contributed by atoms with Crippen LogP contribution in [0, 0.1) is 10.1 Å². The predicted molar refractivity (Wildman–Crippen MR) is 54.2 cm³/mol. The van der Waals surface area contributed by atoms with E-state index >= 15 is 0 Å². The quantitative estimate of drug-likeness (QED) is 0.411. The van der Waals surface area contributed by atoms with Crippen LogP contribution in [0.25, 0.3) is 0 Å². The van der Waals surface area contributed by atoms with Crippen molar-refractivity contribution >= 4 is 12.7 Å². The molecule has 0 unspecified atom stereocenters. The number of nitro groups is 1. The van der Waals surface area contributed by atoms with Crippen molar-refractivity contribution in [2.75, 3.05) is 13.6 Å². The van der Waals surface area contributed by atoms with Crippen molar-refractivity contribution < 1.29 is 78.7 Å². The maximum absolute atomic E-state index is 11.9. The summed E-state index contributed by atoms with van der Waals surface area (Å²) < 4.78 is 44.9. The summed E-state index contributed by atoms with van der Waals surface area (Å²) in [4.78, 5) is 9.83. The van der Waals surface area contributed by atoms with Gasteiger partial charge in [0.15, 0.2) is 5.75 Å². The summed E-state index contributed by atoms with van der Waals surface area (Å²) in [6.07, 6.45) is 0. The van der Waals surface area contributed by atoms with Crippen LogP contribution < -0.4 is 60.9 Å². The van der Waals surface area contributed by atoms with Gasteiger partial charge in [0.05, 0.1) is 24.6 Å². The molecule has 0 aliphatic heterocycles. The molecule has 0 saturated carbocycles. The zero-order valence-electron chi connectivity index (χ0n) is 9.73. The van der Waals surface area contributed by atoms with Gasteiger partial charge in [0.1, 0.15) is 5.75 Å². The molecule has 0 heterocycles. The van der Waals surface area contributed by atoms with E-state index in [0.29, 0.717) is 0 Å². The minimum absolute atomic E-state index is 0. The normalized spacial score (nSPS) is 10.4. The van der Waals surface area contributed by atoms with Crippen molar-refractivity contribution in [1.82, 2.24) is 0 Å². The van der Waals surface area contributed by atoms with Gasteiger partial charge in [-0.15, -0.1) is 0 Å². The molecule has 0 fully saturated rings. The number of nitro benzene ring substituents is 1. The molecule has 1 aromatic rings. The Morgan fingerprint density at radius 1 is 1.39 bits per heavy atom. The van der Waals surface area contributed by atoms with E-state index in [2.05, 4.69) is 4.74 Å². The smallest absolute Gasteiger partial charge is 0.521 e. The topological polar surface area (TPSA) is 61.6 Å². The van der Waals surface area contributed by atoms with E-state index in [4.69, 9.17) is 4.74 Å². The largest absolute Gasteiger partial charge is 1.00 e. The molecule has 1 rings (SSSR count). The fourth-order valence-corrected chi connectivity index (χ4v) is 1.09. The van der Waals surface area contributed by atoms with Crippen molar-refractivity contribution in [3.05, 3.63) is 28.3 Å². The zero-order chi connectivity index (χ0) is 13.1. The average Bonchev–Trinajstić information content (AvgIpc) is 2.25. The molecular weight excluding hydrogens is 281 g/mol. The molecule has 0 aliphatic carbocycles. The van der Waals surface area contributed by atoms with Gasteiger partial charge in [-0.3, -0.25) is 10.1 Å². The molecule has 18 heavy (non-hydrogen) atoms. The molecular formula is C8H8BF3KNO4. The number of hydrogen-bond acceptors (Lipinski definition) is 4. The van der Waals surface area contributed by atoms with Crippen molar-refractivity contribution in [2.24, 2.45) is 0 Å². The molecule has 0 N–H and O–H groups in total. The van der Waals surface area contributed by atoms with Crippen LogP contribution in [0.15, 0.2) is 18.2 Å². The van der Waals surface area contributed by atoms with E-state index < -0.39 is 24.1 Å². The number of benzene rings is 1. The molecule has 10 heteroatoms. The second kappa shape index (κ2) is 7.34. The van der Waals surface area contributed by atoms with Crippen molar-refractivity contribution in [3.63, 3.8) is 0 Å². The number of halogens is 3. The van der Waals surface area contributed by atoms with Gasteiger partial charge in [-0.05, 0) is 12.1 Å². The van der Waals surface area contributed by atoms with E-state index in [9.17, 15) is 23.1 Å². The van der Waals surface area contributed by atoms with Crippen LogP contribution in [0.1, 0.15) is 0 Å². The summed E-state index contributed by atoms with van der Waals surface area (Å²) in [7, 11) is 1.22. The number of rotatable bonds is 5. The van der Waals surface area contributed by atoms with E-state index in [1.165, 1.54) is 19.2 Å². The number of ether oxygens (including phenoxy) is 2. The average molecular weight is 289 g/mol. The Bertz CT molecular complexity index is 429. The maximum Gasteiger partial charge on any atom is 1.00 e. The van der Waals surface area contributed by atoms with Gasteiger partial charge in [0.2, 0.25) is 0 Å². The van der Waals surface area contributed by atoms with Crippen LogP contribution in [0.4, 0.5) is 18.6 Å². The van der Waals surface area contributed by atoms with Gasteiger partial charge in [-0.25, -0.2) is 0 Å². The monoisotopic (exact) mass is 289 g/mol. The first-order valence-corrected chi connectivity index (χ1v) is 4.49. The SMILES string of the molecule is COc1ccc(OC[B-](F)(F)F)cc1[N+](=O)[O-].[K+]. The maximum atomic E-state index is 11.9. The zero-order valence-corrected chi connectivity index (χ0v) is 12.9. The first-order valence-electron chi connectivity index (χ1n) is 4.49. The molecule has 0 bridgehead atoms. The van der Waals surface area contributed by atoms with Crippen LogP contribution in [0.3, 0.4) is 0 Å². The Balaban J connectivity index is 0.00000289. The second-order valence-electron chi connectivity index (χ2n) is 3.11. The van der Waals surface area contributed by atoms with E-state index in [-0.39, 0.29) is 62.9 Å². The minimum atomic E-state index is -5.09. The minimum Gasteiger partial charge on any atom is -0.521 e. The molecule has 94 valence electrons. The van der Waals surface area contributed by atoms with E-state index in [1.54, 1.807) is 0 Å². The second-order valence-corrected chi connectivity index (χ2v) is 3.11. The number of methoxy groups -OCH3 is 1. The number of hydrogen-bond donors (Lipinski definition) is 0. The summed E-state index contributed by atoms with van der Waals surface area (Å²) in [6.45, 7) is -6.53. The molecule has 5 nitrogen and oxygen atoms in total. The molecule has 1 aromatic carbocycles. The molecule has 0 amide bonds. The molecule has 0 atom stereocenters. The Morgan fingerprint density at radius 3 is 2.44 bits per heavy atom. The van der Waals surface area contributed by atoms with Gasteiger partial charge in [0, 0.05) is 0 Å².